The number of para-hydroxylation sites is 1. The number of anilines is 1. The molecule has 0 atom stereocenters. The van der Waals surface area contributed by atoms with E-state index in [1.54, 1.807) is 29.0 Å². The SMILES string of the molecule is CC(C)c1cccc(NC(=O)CSc2nc3ccccc3c(=O)n2Cc2ccco2)c1. The first-order valence-corrected chi connectivity index (χ1v) is 11.0. The van der Waals surface area contributed by atoms with Crippen molar-refractivity contribution in [3.8, 4) is 0 Å². The van der Waals surface area contributed by atoms with Crippen LogP contribution in [0.1, 0.15) is 31.1 Å². The van der Waals surface area contributed by atoms with Gasteiger partial charge in [0.2, 0.25) is 5.91 Å². The van der Waals surface area contributed by atoms with Crippen molar-refractivity contribution in [3.05, 3.63) is 88.6 Å². The summed E-state index contributed by atoms with van der Waals surface area (Å²) in [4.78, 5) is 30.3. The number of thioether (sulfide) groups is 1. The van der Waals surface area contributed by atoms with Crippen LogP contribution in [-0.4, -0.2) is 21.2 Å². The van der Waals surface area contributed by atoms with E-state index in [4.69, 9.17) is 4.42 Å². The molecule has 0 aliphatic rings. The van der Waals surface area contributed by atoms with Crippen LogP contribution in [0.15, 0.2) is 81.3 Å². The minimum absolute atomic E-state index is 0.134. The predicted octanol–water partition coefficient (Wildman–Crippen LogP) is 4.89. The fraction of sp³-hybridized carbons (Fsp3) is 0.208. The Morgan fingerprint density at radius 3 is 2.74 bits per heavy atom. The third kappa shape index (κ3) is 4.88. The molecular formula is C24H23N3O3S. The monoisotopic (exact) mass is 433 g/mol. The van der Waals surface area contributed by atoms with Crippen LogP contribution < -0.4 is 10.9 Å². The number of hydrogen-bond acceptors (Lipinski definition) is 5. The van der Waals surface area contributed by atoms with Gasteiger partial charge < -0.3 is 9.73 Å². The number of carbonyl (C=O) groups is 1. The highest BCUT2D eigenvalue weighted by atomic mass is 32.2. The fourth-order valence-corrected chi connectivity index (χ4v) is 4.06. The maximum absolute atomic E-state index is 13.1. The first kappa shape index (κ1) is 20.9. The Kier molecular flexibility index (Phi) is 6.23. The molecule has 2 heterocycles. The summed E-state index contributed by atoms with van der Waals surface area (Å²) in [6, 6.07) is 18.6. The molecule has 1 amide bonds. The number of nitrogens with one attached hydrogen (secondary N) is 1. The highest BCUT2D eigenvalue weighted by Crippen LogP contribution is 2.21. The quantitative estimate of drug-likeness (QED) is 0.332. The number of carbonyl (C=O) groups excluding carboxylic acids is 1. The third-order valence-electron chi connectivity index (χ3n) is 4.89. The van der Waals surface area contributed by atoms with Gasteiger partial charge in [-0.05, 0) is 47.9 Å². The maximum Gasteiger partial charge on any atom is 0.262 e. The van der Waals surface area contributed by atoms with Crippen LogP contribution in [0.25, 0.3) is 10.9 Å². The van der Waals surface area contributed by atoms with Crippen molar-refractivity contribution in [1.82, 2.24) is 9.55 Å². The van der Waals surface area contributed by atoms with Crippen molar-refractivity contribution >= 4 is 34.3 Å². The Morgan fingerprint density at radius 1 is 1.13 bits per heavy atom. The summed E-state index contributed by atoms with van der Waals surface area (Å²) in [5.74, 6) is 1.01. The van der Waals surface area contributed by atoms with Gasteiger partial charge in [0.15, 0.2) is 5.16 Å². The van der Waals surface area contributed by atoms with Crippen molar-refractivity contribution in [2.75, 3.05) is 11.1 Å². The zero-order valence-corrected chi connectivity index (χ0v) is 18.2. The molecule has 31 heavy (non-hydrogen) atoms. The molecule has 7 heteroatoms. The summed E-state index contributed by atoms with van der Waals surface area (Å²) in [6.45, 7) is 4.48. The Morgan fingerprint density at radius 2 is 1.97 bits per heavy atom. The molecule has 0 fully saturated rings. The van der Waals surface area contributed by atoms with Crippen LogP contribution in [0.3, 0.4) is 0 Å². The Hall–Kier alpha value is -3.32. The van der Waals surface area contributed by atoms with Gasteiger partial charge >= 0.3 is 0 Å². The van der Waals surface area contributed by atoms with E-state index in [2.05, 4.69) is 24.1 Å². The highest BCUT2D eigenvalue weighted by molar-refractivity contribution is 7.99. The Labute approximate surface area is 184 Å². The van der Waals surface area contributed by atoms with E-state index in [1.807, 2.05) is 42.5 Å². The molecule has 0 radical (unpaired) electrons. The van der Waals surface area contributed by atoms with E-state index in [9.17, 15) is 9.59 Å². The van der Waals surface area contributed by atoms with Gasteiger partial charge in [-0.15, -0.1) is 0 Å². The molecule has 4 aromatic rings. The number of hydrogen-bond donors (Lipinski definition) is 1. The molecule has 0 bridgehead atoms. The second kappa shape index (κ2) is 9.22. The van der Waals surface area contributed by atoms with Crippen LogP contribution in [0, 0.1) is 0 Å². The lowest BCUT2D eigenvalue weighted by Gasteiger charge is -2.13. The van der Waals surface area contributed by atoms with E-state index in [0.717, 1.165) is 11.3 Å². The number of rotatable bonds is 7. The largest absolute Gasteiger partial charge is 0.467 e. The lowest BCUT2D eigenvalue weighted by Crippen LogP contribution is -2.24. The van der Waals surface area contributed by atoms with Gasteiger partial charge in [-0.2, -0.15) is 0 Å². The van der Waals surface area contributed by atoms with E-state index in [1.165, 1.54) is 11.8 Å². The van der Waals surface area contributed by atoms with Gasteiger partial charge in [0, 0.05) is 5.69 Å². The molecule has 0 aliphatic carbocycles. The predicted molar refractivity (Wildman–Crippen MR) is 124 cm³/mol. The van der Waals surface area contributed by atoms with Crippen molar-refractivity contribution in [1.29, 1.82) is 0 Å². The second-order valence-electron chi connectivity index (χ2n) is 7.50. The summed E-state index contributed by atoms with van der Waals surface area (Å²) in [7, 11) is 0. The van der Waals surface area contributed by atoms with E-state index < -0.39 is 0 Å². The van der Waals surface area contributed by atoms with E-state index in [0.29, 0.717) is 27.7 Å². The summed E-state index contributed by atoms with van der Waals surface area (Å²) in [5.41, 5.74) is 2.37. The molecule has 0 aliphatic heterocycles. The van der Waals surface area contributed by atoms with Gasteiger partial charge in [-0.3, -0.25) is 14.2 Å². The smallest absolute Gasteiger partial charge is 0.262 e. The highest BCUT2D eigenvalue weighted by Gasteiger charge is 2.15. The zero-order chi connectivity index (χ0) is 21.8. The Bertz CT molecular complexity index is 1260. The van der Waals surface area contributed by atoms with Gasteiger partial charge in [0.25, 0.3) is 5.56 Å². The third-order valence-corrected chi connectivity index (χ3v) is 5.87. The van der Waals surface area contributed by atoms with Crippen molar-refractivity contribution < 1.29 is 9.21 Å². The van der Waals surface area contributed by atoms with Crippen LogP contribution in [-0.2, 0) is 11.3 Å². The van der Waals surface area contributed by atoms with Crippen LogP contribution in [0.4, 0.5) is 5.69 Å². The van der Waals surface area contributed by atoms with Gasteiger partial charge in [-0.25, -0.2) is 4.98 Å². The topological polar surface area (TPSA) is 77.1 Å². The summed E-state index contributed by atoms with van der Waals surface area (Å²) >= 11 is 1.23. The van der Waals surface area contributed by atoms with Crippen LogP contribution in [0.5, 0.6) is 0 Å². The molecule has 2 aromatic heterocycles. The molecule has 158 valence electrons. The number of benzene rings is 2. The molecule has 2 aromatic carbocycles. The van der Waals surface area contributed by atoms with E-state index in [-0.39, 0.29) is 23.8 Å². The minimum Gasteiger partial charge on any atom is -0.467 e. The van der Waals surface area contributed by atoms with Crippen LogP contribution >= 0.6 is 11.8 Å². The van der Waals surface area contributed by atoms with E-state index >= 15 is 0 Å². The first-order chi connectivity index (χ1) is 15.0. The number of fused-ring (bicyclic) bond motifs is 1. The summed E-state index contributed by atoms with van der Waals surface area (Å²) < 4.78 is 6.97. The van der Waals surface area contributed by atoms with Gasteiger partial charge in [-0.1, -0.05) is 49.9 Å². The average molecular weight is 434 g/mol. The normalized spacial score (nSPS) is 11.2. The number of furan rings is 1. The lowest BCUT2D eigenvalue weighted by atomic mass is 10.0. The molecule has 1 N–H and O–H groups in total. The summed E-state index contributed by atoms with van der Waals surface area (Å²) in [6.07, 6.45) is 1.57. The minimum atomic E-state index is -0.158. The standard InChI is InChI=1S/C24H23N3O3S/c1-16(2)17-7-5-8-18(13-17)25-22(28)15-31-24-26-21-11-4-3-10-20(21)23(29)27(24)14-19-9-6-12-30-19/h3-13,16H,14-15H2,1-2H3,(H,25,28). The molecule has 0 saturated carbocycles. The average Bonchev–Trinajstić information content (AvgIpc) is 3.28. The zero-order valence-electron chi connectivity index (χ0n) is 17.4. The van der Waals surface area contributed by atoms with Gasteiger partial charge in [0.1, 0.15) is 5.76 Å². The molecule has 0 saturated heterocycles. The van der Waals surface area contributed by atoms with Crippen molar-refractivity contribution in [3.63, 3.8) is 0 Å². The van der Waals surface area contributed by atoms with Crippen molar-refractivity contribution in [2.45, 2.75) is 31.5 Å². The molecule has 6 nitrogen and oxygen atoms in total. The Balaban J connectivity index is 1.56. The maximum atomic E-state index is 13.1. The number of aromatic nitrogens is 2. The second-order valence-corrected chi connectivity index (χ2v) is 8.44. The first-order valence-electron chi connectivity index (χ1n) is 10.1. The number of amides is 1. The fourth-order valence-electron chi connectivity index (χ4n) is 3.26. The number of nitrogens with zero attached hydrogens (tertiary/aromatic N) is 2. The molecule has 0 spiro atoms. The lowest BCUT2D eigenvalue weighted by molar-refractivity contribution is -0.113. The summed E-state index contributed by atoms with van der Waals surface area (Å²) in [5, 5.41) is 3.94. The molecule has 4 rings (SSSR count). The molecular weight excluding hydrogens is 410 g/mol. The van der Waals surface area contributed by atoms with Crippen LogP contribution in [0.2, 0.25) is 0 Å². The van der Waals surface area contributed by atoms with Crippen molar-refractivity contribution in [2.24, 2.45) is 0 Å². The molecule has 0 unspecified atom stereocenters. The van der Waals surface area contributed by atoms with Gasteiger partial charge in [0.05, 0.1) is 29.5 Å².